The molecule has 0 amide bonds. The van der Waals surface area contributed by atoms with E-state index in [4.69, 9.17) is 15.5 Å². The summed E-state index contributed by atoms with van der Waals surface area (Å²) in [4.78, 5) is 9.13. The Morgan fingerprint density at radius 2 is 1.93 bits per heavy atom. The molecule has 5 rings (SSSR count). The largest absolute Gasteiger partial charge is 0.481 e. The fourth-order valence-corrected chi connectivity index (χ4v) is 4.06. The fraction of sp³-hybridized carbons (Fsp3) is 0.261. The fourth-order valence-electron chi connectivity index (χ4n) is 4.06. The Morgan fingerprint density at radius 1 is 1.10 bits per heavy atom. The van der Waals surface area contributed by atoms with Crippen LogP contribution in [0.2, 0.25) is 0 Å². The predicted molar refractivity (Wildman–Crippen MR) is 118 cm³/mol. The van der Waals surface area contributed by atoms with E-state index in [1.165, 1.54) is 0 Å². The maximum atomic E-state index is 6.24. The molecule has 1 saturated heterocycles. The first-order valence-corrected chi connectivity index (χ1v) is 10.2. The Kier molecular flexibility index (Phi) is 4.80. The molecule has 152 valence electrons. The first kappa shape index (κ1) is 18.6. The van der Waals surface area contributed by atoms with Crippen LogP contribution in [-0.4, -0.2) is 39.9 Å². The number of nitrogens with zero attached hydrogens (tertiary/aromatic N) is 4. The Morgan fingerprint density at radius 3 is 2.77 bits per heavy atom. The molecule has 1 aliphatic rings. The Labute approximate surface area is 174 Å². The highest BCUT2D eigenvalue weighted by Crippen LogP contribution is 2.33. The maximum Gasteiger partial charge on any atom is 0.221 e. The molecule has 0 radical (unpaired) electrons. The van der Waals surface area contributed by atoms with E-state index >= 15 is 0 Å². The lowest BCUT2D eigenvalue weighted by Crippen LogP contribution is -2.29. The van der Waals surface area contributed by atoms with Gasteiger partial charge in [-0.05, 0) is 49.5 Å². The second kappa shape index (κ2) is 7.76. The van der Waals surface area contributed by atoms with E-state index in [1.807, 2.05) is 42.6 Å². The number of hydrogen-bond acceptors (Lipinski definition) is 6. The molecule has 7 nitrogen and oxygen atoms in total. The van der Waals surface area contributed by atoms with Crippen molar-refractivity contribution in [3.63, 3.8) is 0 Å². The summed E-state index contributed by atoms with van der Waals surface area (Å²) in [6, 6.07) is 12.5. The van der Waals surface area contributed by atoms with Crippen molar-refractivity contribution in [3.8, 4) is 28.3 Å². The van der Waals surface area contributed by atoms with E-state index in [0.717, 1.165) is 59.1 Å². The van der Waals surface area contributed by atoms with Gasteiger partial charge in [-0.25, -0.2) is 9.97 Å². The van der Waals surface area contributed by atoms with Crippen LogP contribution in [0.4, 0.5) is 5.82 Å². The molecule has 0 bridgehead atoms. The minimum atomic E-state index is 0.438. The van der Waals surface area contributed by atoms with Crippen LogP contribution < -0.4 is 15.8 Å². The van der Waals surface area contributed by atoms with Crippen molar-refractivity contribution >= 4 is 16.6 Å². The number of fused-ring (bicyclic) bond motifs is 1. The number of hydrogen-bond donors (Lipinski definition) is 2. The van der Waals surface area contributed by atoms with Crippen molar-refractivity contribution < 1.29 is 4.74 Å². The molecule has 30 heavy (non-hydrogen) atoms. The van der Waals surface area contributed by atoms with Crippen molar-refractivity contribution in [2.75, 3.05) is 25.9 Å². The SMILES string of the molecule is COc1nc(-c2cc(-c3cnn(C4CCNCC4)c3)cnc2N)cc2ccccc12. The van der Waals surface area contributed by atoms with Crippen molar-refractivity contribution in [2.45, 2.75) is 18.9 Å². The number of nitrogen functional groups attached to an aromatic ring is 1. The summed E-state index contributed by atoms with van der Waals surface area (Å²) >= 11 is 0. The van der Waals surface area contributed by atoms with Crippen LogP contribution in [0.5, 0.6) is 5.88 Å². The van der Waals surface area contributed by atoms with E-state index in [2.05, 4.69) is 26.3 Å². The van der Waals surface area contributed by atoms with Crippen LogP contribution in [0, 0.1) is 0 Å². The molecule has 4 heterocycles. The molecular formula is C23H24N6O. The standard InChI is InChI=1S/C23H24N6O/c1-30-23-19-5-3-2-4-15(19)11-21(28-23)20-10-16(12-26-22(20)24)17-13-27-29(14-17)18-6-8-25-9-7-18/h2-5,10-14,18,25H,6-9H2,1H3,(H2,24,26). The van der Waals surface area contributed by atoms with Gasteiger partial charge in [0.1, 0.15) is 5.82 Å². The van der Waals surface area contributed by atoms with Gasteiger partial charge in [-0.1, -0.05) is 18.2 Å². The summed E-state index contributed by atoms with van der Waals surface area (Å²) < 4.78 is 7.60. The second-order valence-corrected chi connectivity index (χ2v) is 7.58. The number of benzene rings is 1. The zero-order valence-electron chi connectivity index (χ0n) is 16.9. The van der Waals surface area contributed by atoms with Crippen LogP contribution in [0.15, 0.2) is 55.0 Å². The van der Waals surface area contributed by atoms with Gasteiger partial charge in [0.2, 0.25) is 5.88 Å². The molecule has 1 aliphatic heterocycles. The van der Waals surface area contributed by atoms with Crippen LogP contribution in [0.3, 0.4) is 0 Å². The Bertz CT molecular complexity index is 1200. The van der Waals surface area contributed by atoms with E-state index in [-0.39, 0.29) is 0 Å². The van der Waals surface area contributed by atoms with Crippen LogP contribution >= 0.6 is 0 Å². The summed E-state index contributed by atoms with van der Waals surface area (Å²) in [5, 5.41) is 10.0. The van der Waals surface area contributed by atoms with Crippen LogP contribution in [0.25, 0.3) is 33.2 Å². The number of rotatable bonds is 4. The number of pyridine rings is 2. The van der Waals surface area contributed by atoms with Gasteiger partial charge in [0, 0.05) is 34.5 Å². The molecule has 4 aromatic rings. The quantitative estimate of drug-likeness (QED) is 0.543. The summed E-state index contributed by atoms with van der Waals surface area (Å²) in [6.07, 6.45) is 7.97. The van der Waals surface area contributed by atoms with Gasteiger partial charge in [0.25, 0.3) is 0 Å². The van der Waals surface area contributed by atoms with Gasteiger partial charge in [-0.15, -0.1) is 0 Å². The third-order valence-electron chi connectivity index (χ3n) is 5.71. The molecule has 0 atom stereocenters. The lowest BCUT2D eigenvalue weighted by molar-refractivity contribution is 0.343. The highest BCUT2D eigenvalue weighted by atomic mass is 16.5. The van der Waals surface area contributed by atoms with Gasteiger partial charge in [0.15, 0.2) is 0 Å². The minimum Gasteiger partial charge on any atom is -0.481 e. The topological polar surface area (TPSA) is 90.9 Å². The average molecular weight is 400 g/mol. The monoisotopic (exact) mass is 400 g/mol. The van der Waals surface area contributed by atoms with E-state index in [0.29, 0.717) is 17.7 Å². The second-order valence-electron chi connectivity index (χ2n) is 7.58. The molecule has 3 aromatic heterocycles. The average Bonchev–Trinajstić information content (AvgIpc) is 3.29. The van der Waals surface area contributed by atoms with E-state index < -0.39 is 0 Å². The molecule has 0 aliphatic carbocycles. The van der Waals surface area contributed by atoms with E-state index in [9.17, 15) is 0 Å². The van der Waals surface area contributed by atoms with Gasteiger partial charge in [-0.3, -0.25) is 4.68 Å². The Hall–Kier alpha value is -3.45. The summed E-state index contributed by atoms with van der Waals surface area (Å²) in [5.41, 5.74) is 9.75. The first-order chi connectivity index (χ1) is 14.7. The minimum absolute atomic E-state index is 0.438. The summed E-state index contributed by atoms with van der Waals surface area (Å²) in [7, 11) is 1.63. The van der Waals surface area contributed by atoms with E-state index in [1.54, 1.807) is 13.3 Å². The molecule has 1 fully saturated rings. The molecule has 1 aromatic carbocycles. The molecule has 3 N–H and O–H groups in total. The molecule has 0 unspecified atom stereocenters. The molecule has 0 spiro atoms. The number of anilines is 1. The lowest BCUT2D eigenvalue weighted by Gasteiger charge is -2.22. The number of aromatic nitrogens is 4. The van der Waals surface area contributed by atoms with Crippen LogP contribution in [0.1, 0.15) is 18.9 Å². The first-order valence-electron chi connectivity index (χ1n) is 10.2. The van der Waals surface area contributed by atoms with Gasteiger partial charge in [0.05, 0.1) is 25.0 Å². The summed E-state index contributed by atoms with van der Waals surface area (Å²) in [6.45, 7) is 2.06. The smallest absolute Gasteiger partial charge is 0.221 e. The molecular weight excluding hydrogens is 376 g/mol. The van der Waals surface area contributed by atoms with Gasteiger partial charge in [-0.2, -0.15) is 5.10 Å². The van der Waals surface area contributed by atoms with Crippen molar-refractivity contribution in [3.05, 3.63) is 55.0 Å². The Balaban J connectivity index is 1.54. The number of methoxy groups -OCH3 is 1. The number of nitrogens with two attached hydrogens (primary N) is 1. The number of ether oxygens (including phenoxy) is 1. The highest BCUT2D eigenvalue weighted by molar-refractivity contribution is 5.91. The van der Waals surface area contributed by atoms with Crippen LogP contribution in [-0.2, 0) is 0 Å². The third-order valence-corrected chi connectivity index (χ3v) is 5.71. The zero-order chi connectivity index (χ0) is 20.5. The molecule has 7 heteroatoms. The number of piperidine rings is 1. The number of nitrogens with one attached hydrogen (secondary N) is 1. The highest BCUT2D eigenvalue weighted by Gasteiger charge is 2.17. The molecule has 0 saturated carbocycles. The van der Waals surface area contributed by atoms with Crippen molar-refractivity contribution in [1.29, 1.82) is 0 Å². The van der Waals surface area contributed by atoms with Gasteiger partial charge >= 0.3 is 0 Å². The predicted octanol–water partition coefficient (Wildman–Crippen LogP) is 3.68. The normalized spacial score (nSPS) is 14.8. The third kappa shape index (κ3) is 3.37. The van der Waals surface area contributed by atoms with Crippen molar-refractivity contribution in [2.24, 2.45) is 0 Å². The van der Waals surface area contributed by atoms with Gasteiger partial charge < -0.3 is 15.8 Å². The van der Waals surface area contributed by atoms with Crippen molar-refractivity contribution in [1.82, 2.24) is 25.1 Å². The lowest BCUT2D eigenvalue weighted by atomic mass is 10.0. The maximum absolute atomic E-state index is 6.24. The zero-order valence-corrected chi connectivity index (χ0v) is 16.9. The summed E-state index contributed by atoms with van der Waals surface area (Å²) in [5.74, 6) is 1.01.